The first-order valence-electron chi connectivity index (χ1n) is 5.88. The first-order valence-corrected chi connectivity index (χ1v) is 5.88. The van der Waals surface area contributed by atoms with Crippen LogP contribution < -0.4 is 0 Å². The molecule has 1 aliphatic rings. The molecule has 0 aromatic rings. The molecule has 0 aliphatic heterocycles. The minimum Gasteiger partial charge on any atom is -0.459 e. The largest absolute Gasteiger partial charge is 0.459 e. The molecule has 4 nitrogen and oxygen atoms in total. The Morgan fingerprint density at radius 1 is 1.12 bits per heavy atom. The summed E-state index contributed by atoms with van der Waals surface area (Å²) in [5.74, 6) is -1.04. The summed E-state index contributed by atoms with van der Waals surface area (Å²) >= 11 is 0. The molecular weight excluding hydrogens is 220 g/mol. The number of carbonyl (C=O) groups excluding carboxylic acids is 2. The Morgan fingerprint density at radius 2 is 1.76 bits per heavy atom. The van der Waals surface area contributed by atoms with E-state index in [1.807, 2.05) is 0 Å². The highest BCUT2D eigenvalue weighted by Crippen LogP contribution is 2.20. The van der Waals surface area contributed by atoms with Gasteiger partial charge in [0.05, 0.1) is 0 Å². The zero-order valence-electron chi connectivity index (χ0n) is 9.89. The van der Waals surface area contributed by atoms with Gasteiger partial charge in [0, 0.05) is 12.2 Å². The highest BCUT2D eigenvalue weighted by Gasteiger charge is 2.16. The molecule has 0 aromatic heterocycles. The molecule has 0 bridgehead atoms. The van der Waals surface area contributed by atoms with Gasteiger partial charge >= 0.3 is 11.9 Å². The van der Waals surface area contributed by atoms with E-state index in [0.717, 1.165) is 37.8 Å². The molecule has 1 saturated carbocycles. The van der Waals surface area contributed by atoms with Crippen LogP contribution in [0, 0.1) is 0 Å². The molecular formula is C13H18O4. The van der Waals surface area contributed by atoms with Gasteiger partial charge in [0.25, 0.3) is 0 Å². The van der Waals surface area contributed by atoms with Crippen molar-refractivity contribution in [3.05, 3.63) is 24.8 Å². The van der Waals surface area contributed by atoms with E-state index in [1.54, 1.807) is 0 Å². The zero-order valence-corrected chi connectivity index (χ0v) is 9.89. The van der Waals surface area contributed by atoms with Gasteiger partial charge in [-0.1, -0.05) is 19.1 Å². The lowest BCUT2D eigenvalue weighted by Gasteiger charge is -2.20. The van der Waals surface area contributed by atoms with Crippen LogP contribution in [0.1, 0.15) is 32.1 Å². The molecule has 0 saturated heterocycles. The van der Waals surface area contributed by atoms with Gasteiger partial charge in [0.2, 0.25) is 0 Å². The lowest BCUT2D eigenvalue weighted by Crippen LogP contribution is -2.19. The first kappa shape index (κ1) is 13.5. The maximum atomic E-state index is 11.4. The lowest BCUT2D eigenvalue weighted by molar-refractivity contribution is -0.145. The van der Waals surface area contributed by atoms with Gasteiger partial charge in [-0.2, -0.15) is 0 Å². The molecule has 0 heterocycles. The summed E-state index contributed by atoms with van der Waals surface area (Å²) in [6.45, 7) is 3.55. The number of ether oxygens (including phenoxy) is 2. The van der Waals surface area contributed by atoms with Crippen LogP contribution in [-0.4, -0.2) is 24.6 Å². The van der Waals surface area contributed by atoms with E-state index in [4.69, 9.17) is 4.74 Å². The maximum Gasteiger partial charge on any atom is 0.331 e. The molecule has 1 rings (SSSR count). The summed E-state index contributed by atoms with van der Waals surface area (Å²) < 4.78 is 9.87. The van der Waals surface area contributed by atoms with E-state index in [9.17, 15) is 9.59 Å². The second-order valence-electron chi connectivity index (χ2n) is 3.95. The number of hydrogen-bond donors (Lipinski definition) is 0. The number of esters is 2. The SMILES string of the molecule is C=CCOC(=O)C=CC(=O)OC1CCCCC1. The Morgan fingerprint density at radius 3 is 2.41 bits per heavy atom. The lowest BCUT2D eigenvalue weighted by atomic mass is 9.98. The van der Waals surface area contributed by atoms with Gasteiger partial charge in [-0.3, -0.25) is 0 Å². The van der Waals surface area contributed by atoms with Gasteiger partial charge in [0.1, 0.15) is 12.7 Å². The third kappa shape index (κ3) is 5.90. The Bertz CT molecular complexity index is 301. The van der Waals surface area contributed by atoms with Crippen molar-refractivity contribution in [2.45, 2.75) is 38.2 Å². The Kier molecular flexibility index (Phi) is 6.07. The third-order valence-corrected chi connectivity index (χ3v) is 2.53. The second-order valence-corrected chi connectivity index (χ2v) is 3.95. The average Bonchev–Trinajstić information content (AvgIpc) is 2.35. The van der Waals surface area contributed by atoms with Crippen LogP contribution in [0.4, 0.5) is 0 Å². The molecule has 0 aromatic carbocycles. The van der Waals surface area contributed by atoms with Crippen molar-refractivity contribution < 1.29 is 19.1 Å². The first-order chi connectivity index (χ1) is 8.22. The second kappa shape index (κ2) is 7.65. The highest BCUT2D eigenvalue weighted by molar-refractivity contribution is 5.91. The number of rotatable bonds is 5. The summed E-state index contributed by atoms with van der Waals surface area (Å²) in [5, 5.41) is 0. The van der Waals surface area contributed by atoms with Crippen molar-refractivity contribution in [1.29, 1.82) is 0 Å². The monoisotopic (exact) mass is 238 g/mol. The van der Waals surface area contributed by atoms with Crippen molar-refractivity contribution in [2.24, 2.45) is 0 Å². The normalized spacial score (nSPS) is 16.7. The van der Waals surface area contributed by atoms with Gasteiger partial charge in [-0.05, 0) is 25.7 Å². The van der Waals surface area contributed by atoms with Crippen LogP contribution >= 0.6 is 0 Å². The quantitative estimate of drug-likeness (QED) is 0.418. The fourth-order valence-corrected chi connectivity index (χ4v) is 1.71. The zero-order chi connectivity index (χ0) is 12.5. The van der Waals surface area contributed by atoms with Crippen molar-refractivity contribution in [1.82, 2.24) is 0 Å². The maximum absolute atomic E-state index is 11.4. The van der Waals surface area contributed by atoms with Gasteiger partial charge in [-0.25, -0.2) is 9.59 Å². The average molecular weight is 238 g/mol. The third-order valence-electron chi connectivity index (χ3n) is 2.53. The molecule has 1 fully saturated rings. The fourth-order valence-electron chi connectivity index (χ4n) is 1.71. The predicted octanol–water partition coefficient (Wildman–Crippen LogP) is 2.15. The molecule has 94 valence electrons. The van der Waals surface area contributed by atoms with Gasteiger partial charge in [-0.15, -0.1) is 0 Å². The van der Waals surface area contributed by atoms with Crippen LogP contribution in [0.2, 0.25) is 0 Å². The molecule has 0 unspecified atom stereocenters. The van der Waals surface area contributed by atoms with E-state index in [-0.39, 0.29) is 12.7 Å². The van der Waals surface area contributed by atoms with E-state index < -0.39 is 11.9 Å². The van der Waals surface area contributed by atoms with Crippen molar-refractivity contribution >= 4 is 11.9 Å². The molecule has 0 spiro atoms. The van der Waals surface area contributed by atoms with Crippen LogP contribution in [0.25, 0.3) is 0 Å². The van der Waals surface area contributed by atoms with E-state index in [1.165, 1.54) is 12.5 Å². The van der Waals surface area contributed by atoms with Crippen LogP contribution in [-0.2, 0) is 19.1 Å². The van der Waals surface area contributed by atoms with Crippen LogP contribution in [0.15, 0.2) is 24.8 Å². The van der Waals surface area contributed by atoms with Crippen molar-refractivity contribution in [3.8, 4) is 0 Å². The molecule has 0 atom stereocenters. The molecule has 0 N–H and O–H groups in total. The predicted molar refractivity (Wildman–Crippen MR) is 63.3 cm³/mol. The molecule has 0 amide bonds. The van der Waals surface area contributed by atoms with Crippen LogP contribution in [0.3, 0.4) is 0 Å². The van der Waals surface area contributed by atoms with E-state index in [0.29, 0.717) is 0 Å². The smallest absolute Gasteiger partial charge is 0.331 e. The minimum absolute atomic E-state index is 0.00472. The summed E-state index contributed by atoms with van der Waals surface area (Å²) in [6, 6.07) is 0. The van der Waals surface area contributed by atoms with Gasteiger partial charge in [0.15, 0.2) is 0 Å². The van der Waals surface area contributed by atoms with E-state index in [2.05, 4.69) is 11.3 Å². The minimum atomic E-state index is -0.564. The molecule has 1 aliphatic carbocycles. The fraction of sp³-hybridized carbons (Fsp3) is 0.538. The van der Waals surface area contributed by atoms with Crippen molar-refractivity contribution in [2.75, 3.05) is 6.61 Å². The summed E-state index contributed by atoms with van der Waals surface area (Å²) in [5.41, 5.74) is 0. The highest BCUT2D eigenvalue weighted by atomic mass is 16.5. The number of hydrogen-bond acceptors (Lipinski definition) is 4. The van der Waals surface area contributed by atoms with Gasteiger partial charge < -0.3 is 9.47 Å². The Labute approximate surface area is 101 Å². The molecule has 0 radical (unpaired) electrons. The molecule has 4 heteroatoms. The van der Waals surface area contributed by atoms with Crippen molar-refractivity contribution in [3.63, 3.8) is 0 Å². The Hall–Kier alpha value is -1.58. The van der Waals surface area contributed by atoms with Crippen LogP contribution in [0.5, 0.6) is 0 Å². The summed E-state index contributed by atoms with van der Waals surface area (Å²) in [7, 11) is 0. The molecule has 17 heavy (non-hydrogen) atoms. The Balaban J connectivity index is 2.25. The van der Waals surface area contributed by atoms with E-state index >= 15 is 0 Å². The summed E-state index contributed by atoms with van der Waals surface area (Å²) in [6.07, 6.45) is 8.90. The standard InChI is InChI=1S/C13H18O4/c1-2-10-16-12(14)8-9-13(15)17-11-6-4-3-5-7-11/h2,8-9,11H,1,3-7,10H2. The topological polar surface area (TPSA) is 52.6 Å². The summed E-state index contributed by atoms with van der Waals surface area (Å²) in [4.78, 5) is 22.4. The number of carbonyl (C=O) groups is 2.